The van der Waals surface area contributed by atoms with Crippen LogP contribution in [0.4, 0.5) is 15.8 Å². The monoisotopic (exact) mass is 377 g/mol. The third-order valence-corrected chi connectivity index (χ3v) is 6.52. The highest BCUT2D eigenvalue weighted by atomic mass is 19.1. The highest BCUT2D eigenvalue weighted by molar-refractivity contribution is 5.67. The molecule has 3 N–H and O–H groups in total. The van der Waals surface area contributed by atoms with E-state index >= 15 is 0 Å². The minimum Gasteiger partial charge on any atom is -0.397 e. The van der Waals surface area contributed by atoms with E-state index in [-0.39, 0.29) is 5.82 Å². The van der Waals surface area contributed by atoms with E-state index in [0.29, 0.717) is 28.9 Å². The molecule has 4 nitrogen and oxygen atoms in total. The lowest BCUT2D eigenvalue weighted by molar-refractivity contribution is -0.0277. The molecule has 1 heterocycles. The van der Waals surface area contributed by atoms with Crippen LogP contribution in [0.3, 0.4) is 0 Å². The molecule has 27 heavy (non-hydrogen) atoms. The van der Waals surface area contributed by atoms with E-state index < -0.39 is 0 Å². The maximum atomic E-state index is 13.6. The fourth-order valence-corrected chi connectivity index (χ4v) is 4.59. The van der Waals surface area contributed by atoms with E-state index in [1.54, 1.807) is 6.92 Å². The molecule has 1 saturated heterocycles. The van der Waals surface area contributed by atoms with Crippen LogP contribution in [0.15, 0.2) is 12.1 Å². The van der Waals surface area contributed by atoms with Crippen molar-refractivity contribution in [2.24, 2.45) is 0 Å². The van der Waals surface area contributed by atoms with Crippen LogP contribution in [-0.2, 0) is 4.74 Å². The molecule has 1 aliphatic heterocycles. The van der Waals surface area contributed by atoms with Gasteiger partial charge in [-0.1, -0.05) is 6.92 Å². The number of hydrogen-bond acceptors (Lipinski definition) is 4. The van der Waals surface area contributed by atoms with E-state index in [1.165, 1.54) is 31.7 Å². The highest BCUT2D eigenvalue weighted by Crippen LogP contribution is 2.36. The van der Waals surface area contributed by atoms with Crippen molar-refractivity contribution in [3.05, 3.63) is 23.5 Å². The number of benzene rings is 1. The summed E-state index contributed by atoms with van der Waals surface area (Å²) in [5.41, 5.74) is 8.31. The van der Waals surface area contributed by atoms with Crippen molar-refractivity contribution in [2.45, 2.75) is 83.4 Å². The lowest BCUT2D eigenvalue weighted by atomic mass is 9.79. The fourth-order valence-electron chi connectivity index (χ4n) is 4.59. The topological polar surface area (TPSA) is 50.5 Å². The van der Waals surface area contributed by atoms with Crippen LogP contribution in [0.5, 0.6) is 0 Å². The highest BCUT2D eigenvalue weighted by Gasteiger charge is 2.38. The molecule has 0 amide bonds. The Morgan fingerprint density at radius 2 is 1.89 bits per heavy atom. The van der Waals surface area contributed by atoms with Gasteiger partial charge in [0.25, 0.3) is 0 Å². The van der Waals surface area contributed by atoms with Gasteiger partial charge in [-0.2, -0.15) is 0 Å². The largest absolute Gasteiger partial charge is 0.397 e. The Balaban J connectivity index is 1.50. The van der Waals surface area contributed by atoms with Gasteiger partial charge in [0.15, 0.2) is 0 Å². The van der Waals surface area contributed by atoms with Gasteiger partial charge in [0.2, 0.25) is 0 Å². The molecule has 0 unspecified atom stereocenters. The number of piperidine rings is 1. The maximum Gasteiger partial charge on any atom is 0.128 e. The van der Waals surface area contributed by atoms with E-state index in [4.69, 9.17) is 10.5 Å². The van der Waals surface area contributed by atoms with Crippen molar-refractivity contribution in [1.29, 1.82) is 0 Å². The number of ether oxygens (including phenoxy) is 1. The second-order valence-corrected chi connectivity index (χ2v) is 8.66. The standard InChI is InChI=1S/C22H36FN3O/c1-4-13-27-18-5-9-22(3,10-6-18)26-11-7-17(8-12-26)25-21-14-16(2)19(23)15-20(21)24/h14-15,17-18,25H,4-13,24H2,1-3H3/t18-,22-. The molecular formula is C22H36FN3O. The maximum absolute atomic E-state index is 13.6. The van der Waals surface area contributed by atoms with Gasteiger partial charge < -0.3 is 15.8 Å². The predicted octanol–water partition coefficient (Wildman–Crippen LogP) is 4.72. The van der Waals surface area contributed by atoms with Crippen LogP contribution in [0.1, 0.15) is 64.4 Å². The first-order chi connectivity index (χ1) is 12.9. The number of aryl methyl sites for hydroxylation is 1. The number of likely N-dealkylation sites (tertiary alicyclic amines) is 1. The molecule has 0 bridgehead atoms. The van der Waals surface area contributed by atoms with Crippen molar-refractivity contribution in [3.63, 3.8) is 0 Å². The SMILES string of the molecule is CCCO[C@H]1CC[C@](C)(N2CCC(Nc3cc(C)c(F)cc3N)CC2)CC1. The van der Waals surface area contributed by atoms with Crippen LogP contribution in [0, 0.1) is 12.7 Å². The van der Waals surface area contributed by atoms with E-state index in [2.05, 4.69) is 24.1 Å². The van der Waals surface area contributed by atoms with Crippen molar-refractivity contribution in [1.82, 2.24) is 4.90 Å². The Kier molecular flexibility index (Phi) is 6.64. The number of nitrogen functional groups attached to an aromatic ring is 1. The van der Waals surface area contributed by atoms with E-state index in [0.717, 1.165) is 44.6 Å². The van der Waals surface area contributed by atoms with Crippen LogP contribution in [-0.4, -0.2) is 42.3 Å². The van der Waals surface area contributed by atoms with Crippen molar-refractivity contribution in [3.8, 4) is 0 Å². The van der Waals surface area contributed by atoms with Gasteiger partial charge in [-0.3, -0.25) is 4.90 Å². The second kappa shape index (κ2) is 8.78. The molecule has 3 rings (SSSR count). The first kappa shape index (κ1) is 20.4. The van der Waals surface area contributed by atoms with E-state index in [9.17, 15) is 4.39 Å². The average Bonchev–Trinajstić information content (AvgIpc) is 2.66. The number of nitrogens with two attached hydrogens (primary N) is 1. The molecular weight excluding hydrogens is 341 g/mol. The Labute approximate surface area is 163 Å². The first-order valence-electron chi connectivity index (χ1n) is 10.6. The van der Waals surface area contributed by atoms with Gasteiger partial charge in [-0.05, 0) is 76.5 Å². The molecule has 1 aliphatic carbocycles. The molecule has 0 radical (unpaired) electrons. The fraction of sp³-hybridized carbons (Fsp3) is 0.727. The Bertz CT molecular complexity index is 620. The lowest BCUT2D eigenvalue weighted by Crippen LogP contribution is -2.53. The Morgan fingerprint density at radius 1 is 1.22 bits per heavy atom. The molecule has 0 aromatic heterocycles. The van der Waals surface area contributed by atoms with Crippen molar-refractivity contribution < 1.29 is 9.13 Å². The number of rotatable bonds is 6. The van der Waals surface area contributed by atoms with Gasteiger partial charge in [-0.15, -0.1) is 0 Å². The normalized spacial score (nSPS) is 27.6. The minimum atomic E-state index is -0.237. The first-order valence-corrected chi connectivity index (χ1v) is 10.6. The van der Waals surface area contributed by atoms with Crippen LogP contribution in [0.2, 0.25) is 0 Å². The molecule has 0 atom stereocenters. The summed E-state index contributed by atoms with van der Waals surface area (Å²) < 4.78 is 19.6. The van der Waals surface area contributed by atoms with E-state index in [1.807, 2.05) is 6.07 Å². The van der Waals surface area contributed by atoms with Gasteiger partial charge in [0, 0.05) is 31.3 Å². The summed E-state index contributed by atoms with van der Waals surface area (Å²) in [5, 5.41) is 3.55. The lowest BCUT2D eigenvalue weighted by Gasteiger charge is -2.48. The summed E-state index contributed by atoms with van der Waals surface area (Å²) in [6, 6.07) is 3.66. The number of nitrogens with one attached hydrogen (secondary N) is 1. The summed E-state index contributed by atoms with van der Waals surface area (Å²) in [6.07, 6.45) is 8.57. The summed E-state index contributed by atoms with van der Waals surface area (Å²) in [7, 11) is 0. The number of hydrogen-bond donors (Lipinski definition) is 2. The van der Waals surface area contributed by atoms with Crippen LogP contribution >= 0.6 is 0 Å². The third-order valence-electron chi connectivity index (χ3n) is 6.52. The summed E-state index contributed by atoms with van der Waals surface area (Å²) >= 11 is 0. The van der Waals surface area contributed by atoms with Gasteiger partial charge >= 0.3 is 0 Å². The zero-order valence-electron chi connectivity index (χ0n) is 17.2. The molecule has 1 saturated carbocycles. The molecule has 0 spiro atoms. The molecule has 152 valence electrons. The molecule has 5 heteroatoms. The summed E-state index contributed by atoms with van der Waals surface area (Å²) in [4.78, 5) is 2.68. The number of nitrogens with zero attached hydrogens (tertiary/aromatic N) is 1. The van der Waals surface area contributed by atoms with Crippen LogP contribution < -0.4 is 11.1 Å². The van der Waals surface area contributed by atoms with Gasteiger partial charge in [0.1, 0.15) is 5.82 Å². The van der Waals surface area contributed by atoms with Crippen molar-refractivity contribution in [2.75, 3.05) is 30.7 Å². The summed E-state index contributed by atoms with van der Waals surface area (Å²) in [5.74, 6) is -0.237. The molecule has 1 aromatic rings. The quantitative estimate of drug-likeness (QED) is 0.704. The summed E-state index contributed by atoms with van der Waals surface area (Å²) in [6.45, 7) is 9.49. The minimum absolute atomic E-state index is 0.237. The molecule has 2 aliphatic rings. The van der Waals surface area contributed by atoms with Gasteiger partial charge in [0.05, 0.1) is 17.5 Å². The van der Waals surface area contributed by atoms with Crippen LogP contribution in [0.25, 0.3) is 0 Å². The third kappa shape index (κ3) is 4.94. The molecule has 1 aromatic carbocycles. The Hall–Kier alpha value is -1.33. The average molecular weight is 378 g/mol. The number of halogens is 1. The second-order valence-electron chi connectivity index (χ2n) is 8.66. The Morgan fingerprint density at radius 3 is 2.52 bits per heavy atom. The zero-order valence-corrected chi connectivity index (χ0v) is 17.2. The predicted molar refractivity (Wildman–Crippen MR) is 111 cm³/mol. The smallest absolute Gasteiger partial charge is 0.128 e. The van der Waals surface area contributed by atoms with Crippen molar-refractivity contribution >= 4 is 11.4 Å². The number of anilines is 2. The van der Waals surface area contributed by atoms with Gasteiger partial charge in [-0.25, -0.2) is 4.39 Å². The zero-order chi connectivity index (χ0) is 19.4. The molecule has 2 fully saturated rings.